The highest BCUT2D eigenvalue weighted by Crippen LogP contribution is 2.24. The standard InChI is InChI=1S/C23H33N3O3S/c1-6-19(7-2)20-12-14-25(15-13-20)17-23(27)24-21-11-10-18(5)22(16-21)30(28,29)26(8-3)9-4/h10-16,19H,6-9,17H2,1-5H3/p+1. The zero-order valence-corrected chi connectivity index (χ0v) is 19.5. The molecule has 0 saturated heterocycles. The number of sulfonamides is 1. The normalized spacial score (nSPS) is 11.8. The zero-order valence-electron chi connectivity index (χ0n) is 18.7. The van der Waals surface area contributed by atoms with Gasteiger partial charge in [-0.05, 0) is 48.9 Å². The molecule has 1 heterocycles. The van der Waals surface area contributed by atoms with Crippen LogP contribution in [0.2, 0.25) is 0 Å². The second kappa shape index (κ2) is 10.7. The number of hydrogen-bond donors (Lipinski definition) is 1. The molecule has 1 aromatic carbocycles. The molecule has 0 fully saturated rings. The highest BCUT2D eigenvalue weighted by atomic mass is 32.2. The SMILES string of the molecule is CCC(CC)c1cc[n+](CC(=O)Nc2ccc(C)c(S(=O)(=O)N(CC)CC)c2)cc1. The summed E-state index contributed by atoms with van der Waals surface area (Å²) in [5.74, 6) is 0.331. The number of pyridine rings is 1. The molecule has 0 spiro atoms. The summed E-state index contributed by atoms with van der Waals surface area (Å²) in [6.07, 6.45) is 6.01. The maximum atomic E-state index is 12.9. The highest BCUT2D eigenvalue weighted by Gasteiger charge is 2.24. The molecule has 1 aromatic heterocycles. The van der Waals surface area contributed by atoms with Gasteiger partial charge in [0, 0.05) is 30.9 Å². The van der Waals surface area contributed by atoms with Crippen molar-refractivity contribution in [3.8, 4) is 0 Å². The first kappa shape index (κ1) is 24.0. The topological polar surface area (TPSA) is 70.4 Å². The minimum Gasteiger partial charge on any atom is -0.321 e. The van der Waals surface area contributed by atoms with E-state index in [1.165, 1.54) is 9.87 Å². The monoisotopic (exact) mass is 432 g/mol. The minimum absolute atomic E-state index is 0.162. The van der Waals surface area contributed by atoms with Crippen molar-refractivity contribution in [2.75, 3.05) is 18.4 Å². The number of nitrogens with zero attached hydrogens (tertiary/aromatic N) is 2. The second-order valence-corrected chi connectivity index (χ2v) is 9.34. The molecule has 2 aromatic rings. The van der Waals surface area contributed by atoms with Gasteiger partial charge in [-0.2, -0.15) is 8.87 Å². The lowest BCUT2D eigenvalue weighted by Crippen LogP contribution is -2.39. The molecule has 1 N–H and O–H groups in total. The molecule has 0 aliphatic heterocycles. The van der Waals surface area contributed by atoms with Crippen molar-refractivity contribution in [1.82, 2.24) is 4.31 Å². The highest BCUT2D eigenvalue weighted by molar-refractivity contribution is 7.89. The van der Waals surface area contributed by atoms with Gasteiger partial charge in [0.05, 0.1) is 4.90 Å². The van der Waals surface area contributed by atoms with Crippen LogP contribution in [0.15, 0.2) is 47.6 Å². The second-order valence-electron chi connectivity index (χ2n) is 7.44. The van der Waals surface area contributed by atoms with Crippen molar-refractivity contribution in [2.45, 2.75) is 64.8 Å². The van der Waals surface area contributed by atoms with Gasteiger partial charge in [0.2, 0.25) is 16.6 Å². The Hall–Kier alpha value is -2.25. The van der Waals surface area contributed by atoms with E-state index in [1.54, 1.807) is 25.1 Å². The Kier molecular flexibility index (Phi) is 8.55. The largest absolute Gasteiger partial charge is 0.321 e. The first-order valence-electron chi connectivity index (χ1n) is 10.7. The van der Waals surface area contributed by atoms with Crippen LogP contribution in [0.3, 0.4) is 0 Å². The van der Waals surface area contributed by atoms with Crippen LogP contribution in [-0.4, -0.2) is 31.7 Å². The lowest BCUT2D eigenvalue weighted by Gasteiger charge is -2.20. The van der Waals surface area contributed by atoms with Crippen LogP contribution in [0, 0.1) is 6.92 Å². The summed E-state index contributed by atoms with van der Waals surface area (Å²) in [7, 11) is -3.59. The number of aryl methyl sites for hydroxylation is 1. The lowest BCUT2D eigenvalue weighted by molar-refractivity contribution is -0.684. The first-order chi connectivity index (χ1) is 14.3. The molecule has 0 radical (unpaired) electrons. The molecule has 0 saturated carbocycles. The number of hydrogen-bond acceptors (Lipinski definition) is 3. The van der Waals surface area contributed by atoms with Gasteiger partial charge >= 0.3 is 0 Å². The molecule has 7 heteroatoms. The molecule has 1 amide bonds. The first-order valence-corrected chi connectivity index (χ1v) is 12.1. The molecule has 6 nitrogen and oxygen atoms in total. The fraction of sp³-hybridized carbons (Fsp3) is 0.478. The summed E-state index contributed by atoms with van der Waals surface area (Å²) < 4.78 is 29.0. The zero-order chi connectivity index (χ0) is 22.3. The number of amides is 1. The quantitative estimate of drug-likeness (QED) is 0.580. The Balaban J connectivity index is 2.14. The van der Waals surface area contributed by atoms with Gasteiger partial charge in [0.1, 0.15) is 0 Å². The number of anilines is 1. The Morgan fingerprint density at radius 1 is 1.03 bits per heavy atom. The van der Waals surface area contributed by atoms with Crippen molar-refractivity contribution in [3.05, 3.63) is 53.9 Å². The Labute approximate surface area is 181 Å². The van der Waals surface area contributed by atoms with Crippen LogP contribution in [-0.2, 0) is 21.4 Å². The molecule has 30 heavy (non-hydrogen) atoms. The summed E-state index contributed by atoms with van der Waals surface area (Å²) in [5, 5.41) is 2.82. The van der Waals surface area contributed by atoms with Crippen molar-refractivity contribution < 1.29 is 17.8 Å². The van der Waals surface area contributed by atoms with E-state index in [0.29, 0.717) is 30.3 Å². The summed E-state index contributed by atoms with van der Waals surface area (Å²) >= 11 is 0. The minimum atomic E-state index is -3.59. The van der Waals surface area contributed by atoms with Crippen LogP contribution >= 0.6 is 0 Å². The van der Waals surface area contributed by atoms with E-state index in [0.717, 1.165) is 12.8 Å². The molecular formula is C23H34N3O3S+. The molecule has 0 bridgehead atoms. The van der Waals surface area contributed by atoms with Gasteiger partial charge in [-0.3, -0.25) is 4.79 Å². The van der Waals surface area contributed by atoms with E-state index in [2.05, 4.69) is 31.3 Å². The van der Waals surface area contributed by atoms with E-state index in [1.807, 2.05) is 30.8 Å². The van der Waals surface area contributed by atoms with Gasteiger partial charge in [-0.25, -0.2) is 8.42 Å². The number of benzene rings is 1. The molecule has 0 aliphatic carbocycles. The van der Waals surface area contributed by atoms with E-state index < -0.39 is 10.0 Å². The van der Waals surface area contributed by atoms with Gasteiger partial charge < -0.3 is 5.32 Å². The van der Waals surface area contributed by atoms with Crippen molar-refractivity contribution in [3.63, 3.8) is 0 Å². The van der Waals surface area contributed by atoms with Crippen molar-refractivity contribution >= 4 is 21.6 Å². The third kappa shape index (κ3) is 5.67. The summed E-state index contributed by atoms with van der Waals surface area (Å²) in [6.45, 7) is 10.7. The van der Waals surface area contributed by atoms with Crippen LogP contribution < -0.4 is 9.88 Å². The fourth-order valence-corrected chi connectivity index (χ4v) is 5.34. The Bertz CT molecular complexity index is 948. The predicted octanol–water partition coefficient (Wildman–Crippen LogP) is 3.86. The predicted molar refractivity (Wildman–Crippen MR) is 120 cm³/mol. The number of nitrogens with one attached hydrogen (secondary N) is 1. The van der Waals surface area contributed by atoms with Crippen LogP contribution in [0.1, 0.15) is 57.6 Å². The van der Waals surface area contributed by atoms with Gasteiger partial charge in [0.25, 0.3) is 5.91 Å². The average molecular weight is 433 g/mol. The van der Waals surface area contributed by atoms with Crippen LogP contribution in [0.4, 0.5) is 5.69 Å². The molecule has 0 atom stereocenters. The lowest BCUT2D eigenvalue weighted by atomic mass is 9.95. The summed E-state index contributed by atoms with van der Waals surface area (Å²) in [4.78, 5) is 12.7. The van der Waals surface area contributed by atoms with Gasteiger partial charge in [-0.1, -0.05) is 33.8 Å². The Morgan fingerprint density at radius 2 is 1.63 bits per heavy atom. The van der Waals surface area contributed by atoms with E-state index >= 15 is 0 Å². The number of carbonyl (C=O) groups is 1. The van der Waals surface area contributed by atoms with Gasteiger partial charge in [0.15, 0.2) is 12.4 Å². The van der Waals surface area contributed by atoms with Crippen molar-refractivity contribution in [1.29, 1.82) is 0 Å². The number of rotatable bonds is 10. The summed E-state index contributed by atoms with van der Waals surface area (Å²) in [5.41, 5.74) is 2.42. The number of aromatic nitrogens is 1. The molecule has 0 unspecified atom stereocenters. The fourth-order valence-electron chi connectivity index (χ4n) is 3.63. The third-order valence-corrected chi connectivity index (χ3v) is 7.69. The van der Waals surface area contributed by atoms with E-state index in [-0.39, 0.29) is 17.3 Å². The maximum absolute atomic E-state index is 12.9. The maximum Gasteiger partial charge on any atom is 0.290 e. The van der Waals surface area contributed by atoms with Gasteiger partial charge in [-0.15, -0.1) is 0 Å². The molecule has 0 aliphatic rings. The average Bonchev–Trinajstić information content (AvgIpc) is 2.72. The molecule has 164 valence electrons. The van der Waals surface area contributed by atoms with Crippen LogP contribution in [0.25, 0.3) is 0 Å². The van der Waals surface area contributed by atoms with Crippen LogP contribution in [0.5, 0.6) is 0 Å². The third-order valence-electron chi connectivity index (χ3n) is 5.50. The number of carbonyl (C=O) groups excluding carboxylic acids is 1. The smallest absolute Gasteiger partial charge is 0.290 e. The van der Waals surface area contributed by atoms with Crippen molar-refractivity contribution in [2.24, 2.45) is 0 Å². The van der Waals surface area contributed by atoms with E-state index in [9.17, 15) is 13.2 Å². The Morgan fingerprint density at radius 3 is 2.17 bits per heavy atom. The molecular weight excluding hydrogens is 398 g/mol. The van der Waals surface area contributed by atoms with E-state index in [4.69, 9.17) is 0 Å². The summed E-state index contributed by atoms with van der Waals surface area (Å²) in [6, 6.07) is 9.12. The molecule has 2 rings (SSSR count).